The fourth-order valence-corrected chi connectivity index (χ4v) is 4.53. The lowest BCUT2D eigenvalue weighted by molar-refractivity contribution is 0.588. The van der Waals surface area contributed by atoms with Crippen molar-refractivity contribution in [1.29, 1.82) is 5.26 Å². The zero-order valence-electron chi connectivity index (χ0n) is 11.6. The molecule has 0 aliphatic rings. The number of rotatable bonds is 2. The molecule has 0 saturated carbocycles. The summed E-state index contributed by atoms with van der Waals surface area (Å²) in [5.41, 5.74) is 1.52. The highest BCUT2D eigenvalue weighted by Crippen LogP contribution is 2.33. The van der Waals surface area contributed by atoms with E-state index in [2.05, 4.69) is 15.9 Å². The molecule has 4 nitrogen and oxygen atoms in total. The Kier molecular flexibility index (Phi) is 3.55. The number of para-hydroxylation sites is 1. The number of benzene rings is 2. The molecule has 0 amide bonds. The van der Waals surface area contributed by atoms with Crippen molar-refractivity contribution in [3.05, 3.63) is 64.3 Å². The zero-order chi connectivity index (χ0) is 15.9. The lowest BCUT2D eigenvalue weighted by Crippen LogP contribution is -2.14. The van der Waals surface area contributed by atoms with E-state index in [-0.39, 0.29) is 10.6 Å². The van der Waals surface area contributed by atoms with E-state index in [4.69, 9.17) is 0 Å². The highest BCUT2D eigenvalue weighted by Gasteiger charge is 2.25. The molecule has 0 aliphatic carbocycles. The summed E-state index contributed by atoms with van der Waals surface area (Å²) in [6.07, 6.45) is 0. The molecule has 1 aromatic heterocycles. The maximum atomic E-state index is 12.9. The predicted octanol–water partition coefficient (Wildman–Crippen LogP) is 3.82. The van der Waals surface area contributed by atoms with Crippen LogP contribution in [0.4, 0.5) is 0 Å². The van der Waals surface area contributed by atoms with Gasteiger partial charge in [0.15, 0.2) is 0 Å². The molecule has 0 spiro atoms. The Morgan fingerprint density at radius 3 is 2.36 bits per heavy atom. The monoisotopic (exact) mass is 374 g/mol. The smallest absolute Gasteiger partial charge is 0.222 e. The van der Waals surface area contributed by atoms with E-state index in [0.29, 0.717) is 15.4 Å². The molecule has 0 radical (unpaired) electrons. The van der Waals surface area contributed by atoms with Crippen molar-refractivity contribution >= 4 is 36.9 Å². The molecule has 0 atom stereocenters. The highest BCUT2D eigenvalue weighted by atomic mass is 79.9. The maximum Gasteiger partial charge on any atom is 0.269 e. The molecular formula is C16H11BrN2O2S. The Balaban J connectivity index is 2.39. The van der Waals surface area contributed by atoms with Crippen molar-refractivity contribution in [1.82, 2.24) is 3.97 Å². The van der Waals surface area contributed by atoms with E-state index in [1.54, 1.807) is 48.5 Å². The summed E-state index contributed by atoms with van der Waals surface area (Å²) < 4.78 is 27.5. The molecule has 0 N–H and O–H groups in total. The summed E-state index contributed by atoms with van der Waals surface area (Å²) >= 11 is 3.33. The number of nitriles is 1. The van der Waals surface area contributed by atoms with Crippen molar-refractivity contribution in [3.63, 3.8) is 0 Å². The summed E-state index contributed by atoms with van der Waals surface area (Å²) in [5, 5.41) is 10.1. The van der Waals surface area contributed by atoms with Crippen LogP contribution in [0, 0.1) is 18.3 Å². The summed E-state index contributed by atoms with van der Waals surface area (Å²) in [6.45, 7) is 1.89. The van der Waals surface area contributed by atoms with Gasteiger partial charge in [-0.15, -0.1) is 0 Å². The average Bonchev–Trinajstić information content (AvgIpc) is 2.81. The van der Waals surface area contributed by atoms with Crippen LogP contribution in [0.3, 0.4) is 0 Å². The van der Waals surface area contributed by atoms with Gasteiger partial charge in [-0.1, -0.05) is 35.9 Å². The van der Waals surface area contributed by atoms with E-state index in [1.807, 2.05) is 13.0 Å². The van der Waals surface area contributed by atoms with Gasteiger partial charge >= 0.3 is 0 Å². The van der Waals surface area contributed by atoms with Gasteiger partial charge < -0.3 is 0 Å². The minimum absolute atomic E-state index is 0.0711. The van der Waals surface area contributed by atoms with Gasteiger partial charge in [0.25, 0.3) is 10.0 Å². The third-order valence-corrected chi connectivity index (χ3v) is 5.97. The van der Waals surface area contributed by atoms with E-state index >= 15 is 0 Å². The van der Waals surface area contributed by atoms with Crippen LogP contribution in [-0.4, -0.2) is 12.4 Å². The van der Waals surface area contributed by atoms with Crippen LogP contribution < -0.4 is 0 Å². The fraction of sp³-hybridized carbons (Fsp3) is 0.0625. The van der Waals surface area contributed by atoms with E-state index in [9.17, 15) is 13.7 Å². The molecule has 0 fully saturated rings. The van der Waals surface area contributed by atoms with Gasteiger partial charge in [0.1, 0.15) is 11.8 Å². The van der Waals surface area contributed by atoms with Crippen molar-refractivity contribution in [2.45, 2.75) is 11.8 Å². The molecule has 1 heterocycles. The van der Waals surface area contributed by atoms with Crippen molar-refractivity contribution < 1.29 is 8.42 Å². The van der Waals surface area contributed by atoms with Crippen molar-refractivity contribution in [2.75, 3.05) is 0 Å². The maximum absolute atomic E-state index is 12.9. The molecule has 3 aromatic rings. The van der Waals surface area contributed by atoms with Crippen LogP contribution in [0.15, 0.2) is 57.9 Å². The molecular weight excluding hydrogens is 364 g/mol. The summed E-state index contributed by atoms with van der Waals surface area (Å²) in [5.74, 6) is 0. The number of hydrogen-bond acceptors (Lipinski definition) is 3. The molecule has 0 aliphatic heterocycles. The lowest BCUT2D eigenvalue weighted by Gasteiger charge is -2.09. The zero-order valence-corrected chi connectivity index (χ0v) is 14.0. The van der Waals surface area contributed by atoms with Gasteiger partial charge in [0.2, 0.25) is 0 Å². The molecule has 110 valence electrons. The third kappa shape index (κ3) is 2.14. The highest BCUT2D eigenvalue weighted by molar-refractivity contribution is 9.10. The molecule has 0 bridgehead atoms. The number of nitrogens with zero attached hydrogens (tertiary/aromatic N) is 2. The number of aromatic nitrogens is 1. The number of fused-ring (bicyclic) bond motifs is 1. The van der Waals surface area contributed by atoms with Gasteiger partial charge in [-0.05, 0) is 41.1 Å². The predicted molar refractivity (Wildman–Crippen MR) is 88.1 cm³/mol. The molecule has 2 aromatic carbocycles. The molecule has 22 heavy (non-hydrogen) atoms. The van der Waals surface area contributed by atoms with E-state index in [0.717, 1.165) is 9.54 Å². The van der Waals surface area contributed by atoms with Gasteiger partial charge in [0.05, 0.1) is 14.9 Å². The first kappa shape index (κ1) is 14.8. The van der Waals surface area contributed by atoms with Crippen molar-refractivity contribution in [3.8, 4) is 6.07 Å². The summed E-state index contributed by atoms with van der Waals surface area (Å²) in [7, 11) is -3.84. The van der Waals surface area contributed by atoms with Crippen LogP contribution in [-0.2, 0) is 10.0 Å². The Hall–Kier alpha value is -2.10. The number of aryl methyl sites for hydroxylation is 1. The first-order valence-electron chi connectivity index (χ1n) is 6.48. The molecule has 0 unspecified atom stereocenters. The Morgan fingerprint density at radius 2 is 1.73 bits per heavy atom. The minimum atomic E-state index is -3.84. The summed E-state index contributed by atoms with van der Waals surface area (Å²) in [4.78, 5) is 0.155. The second-order valence-electron chi connectivity index (χ2n) is 4.87. The second kappa shape index (κ2) is 5.27. The van der Waals surface area contributed by atoms with Gasteiger partial charge in [-0.3, -0.25) is 0 Å². The normalized spacial score (nSPS) is 11.5. The molecule has 6 heteroatoms. The Labute approximate surface area is 136 Å². The van der Waals surface area contributed by atoms with Gasteiger partial charge in [-0.2, -0.15) is 5.26 Å². The van der Waals surface area contributed by atoms with Crippen LogP contribution in [0.25, 0.3) is 10.9 Å². The largest absolute Gasteiger partial charge is 0.269 e. The van der Waals surface area contributed by atoms with Crippen LogP contribution >= 0.6 is 15.9 Å². The lowest BCUT2D eigenvalue weighted by atomic mass is 10.2. The fourth-order valence-electron chi connectivity index (χ4n) is 2.33. The second-order valence-corrected chi connectivity index (χ2v) is 7.45. The third-order valence-electron chi connectivity index (χ3n) is 3.44. The Morgan fingerprint density at radius 1 is 1.09 bits per heavy atom. The number of hydrogen-bond donors (Lipinski definition) is 0. The summed E-state index contributed by atoms with van der Waals surface area (Å²) in [6, 6.07) is 15.6. The Bertz CT molecular complexity index is 1010. The minimum Gasteiger partial charge on any atom is -0.222 e. The van der Waals surface area contributed by atoms with Crippen molar-refractivity contribution in [2.24, 2.45) is 0 Å². The van der Waals surface area contributed by atoms with Crippen LogP contribution in [0.2, 0.25) is 0 Å². The quantitative estimate of drug-likeness (QED) is 0.684. The van der Waals surface area contributed by atoms with Gasteiger partial charge in [0, 0.05) is 5.39 Å². The van der Waals surface area contributed by atoms with Gasteiger partial charge in [-0.25, -0.2) is 12.4 Å². The van der Waals surface area contributed by atoms with Crippen LogP contribution in [0.1, 0.15) is 11.3 Å². The van der Waals surface area contributed by atoms with Crippen LogP contribution in [0.5, 0.6) is 0 Å². The standard InChI is InChI=1S/C16H11BrN2O2S/c1-11-6-8-12(9-7-11)22(20,21)19-14-5-3-2-4-13(14)16(17)15(19)10-18/h2-9H,1H3. The SMILES string of the molecule is Cc1ccc(S(=O)(=O)n2c(C#N)c(Br)c3ccccc32)cc1. The topological polar surface area (TPSA) is 62.9 Å². The van der Waals surface area contributed by atoms with E-state index in [1.165, 1.54) is 0 Å². The molecule has 0 saturated heterocycles. The first-order valence-corrected chi connectivity index (χ1v) is 8.71. The number of halogens is 1. The average molecular weight is 375 g/mol. The molecule has 3 rings (SSSR count). The van der Waals surface area contributed by atoms with E-state index < -0.39 is 10.0 Å². The first-order chi connectivity index (χ1) is 10.5.